The Morgan fingerprint density at radius 2 is 1.83 bits per heavy atom. The first-order valence-electron chi connectivity index (χ1n) is 6.78. The second-order valence-corrected chi connectivity index (χ2v) is 6.50. The van der Waals surface area contributed by atoms with Gasteiger partial charge in [0.25, 0.3) is 0 Å². The number of rotatable bonds is 5. The molecule has 0 spiro atoms. The monoisotopic (exact) mass is 264 g/mol. The van der Waals surface area contributed by atoms with Crippen LogP contribution >= 0.6 is 11.8 Å². The van der Waals surface area contributed by atoms with Crippen molar-refractivity contribution >= 4 is 11.8 Å². The van der Waals surface area contributed by atoms with E-state index in [4.69, 9.17) is 0 Å². The summed E-state index contributed by atoms with van der Waals surface area (Å²) in [5.41, 5.74) is 2.89. The highest BCUT2D eigenvalue weighted by molar-refractivity contribution is 7.99. The minimum Gasteiger partial charge on any atom is -0.310 e. The predicted octanol–water partition coefficient (Wildman–Crippen LogP) is 2.73. The van der Waals surface area contributed by atoms with E-state index in [2.05, 4.69) is 60.3 Å². The quantitative estimate of drug-likeness (QED) is 0.880. The molecule has 1 aliphatic rings. The van der Waals surface area contributed by atoms with Gasteiger partial charge in [-0.3, -0.25) is 0 Å². The number of hydrogen-bond donors (Lipinski definition) is 1. The van der Waals surface area contributed by atoms with E-state index < -0.39 is 0 Å². The van der Waals surface area contributed by atoms with Gasteiger partial charge in [-0.05, 0) is 49.6 Å². The molecule has 2 nitrogen and oxygen atoms in total. The van der Waals surface area contributed by atoms with Crippen LogP contribution in [0, 0.1) is 0 Å². The summed E-state index contributed by atoms with van der Waals surface area (Å²) >= 11 is 2.09. The van der Waals surface area contributed by atoms with Gasteiger partial charge in [0.2, 0.25) is 0 Å². The van der Waals surface area contributed by atoms with Crippen LogP contribution in [0.3, 0.4) is 0 Å². The molecule has 3 heteroatoms. The van der Waals surface area contributed by atoms with Crippen LogP contribution in [0.4, 0.5) is 0 Å². The molecule has 0 aromatic heterocycles. The minimum atomic E-state index is 0.721. The van der Waals surface area contributed by atoms with Gasteiger partial charge in [-0.25, -0.2) is 0 Å². The van der Waals surface area contributed by atoms with Gasteiger partial charge >= 0.3 is 0 Å². The molecule has 0 unspecified atom stereocenters. The zero-order chi connectivity index (χ0) is 12.8. The predicted molar refractivity (Wildman–Crippen MR) is 81.0 cm³/mol. The highest BCUT2D eigenvalue weighted by Gasteiger charge is 2.13. The Balaban J connectivity index is 1.91. The summed E-state index contributed by atoms with van der Waals surface area (Å²) in [7, 11) is 4.26. The third-order valence-corrected chi connectivity index (χ3v) is 4.46. The largest absolute Gasteiger partial charge is 0.310 e. The Morgan fingerprint density at radius 3 is 2.50 bits per heavy atom. The van der Waals surface area contributed by atoms with Crippen molar-refractivity contribution in [2.75, 3.05) is 25.6 Å². The summed E-state index contributed by atoms with van der Waals surface area (Å²) in [5.74, 6) is 2.63. The van der Waals surface area contributed by atoms with Crippen molar-refractivity contribution in [2.45, 2.75) is 32.0 Å². The van der Waals surface area contributed by atoms with Gasteiger partial charge in [0, 0.05) is 19.1 Å². The van der Waals surface area contributed by atoms with Gasteiger partial charge in [0.1, 0.15) is 0 Å². The Kier molecular flexibility index (Phi) is 5.54. The zero-order valence-electron chi connectivity index (χ0n) is 11.5. The Hall–Kier alpha value is -0.510. The third-order valence-electron chi connectivity index (χ3n) is 3.41. The van der Waals surface area contributed by atoms with Gasteiger partial charge in [-0.2, -0.15) is 11.8 Å². The molecule has 1 fully saturated rings. The van der Waals surface area contributed by atoms with E-state index in [0.29, 0.717) is 0 Å². The lowest BCUT2D eigenvalue weighted by atomic mass is 10.1. The number of nitrogens with zero attached hydrogens (tertiary/aromatic N) is 1. The topological polar surface area (TPSA) is 15.3 Å². The second kappa shape index (κ2) is 7.17. The number of benzene rings is 1. The van der Waals surface area contributed by atoms with E-state index in [-0.39, 0.29) is 0 Å². The van der Waals surface area contributed by atoms with E-state index in [9.17, 15) is 0 Å². The Bertz CT molecular complexity index is 359. The van der Waals surface area contributed by atoms with Crippen LogP contribution in [0.2, 0.25) is 0 Å². The van der Waals surface area contributed by atoms with Crippen LogP contribution in [0.1, 0.15) is 24.0 Å². The minimum absolute atomic E-state index is 0.721. The van der Waals surface area contributed by atoms with Crippen LogP contribution in [-0.2, 0) is 13.1 Å². The van der Waals surface area contributed by atoms with Crippen molar-refractivity contribution < 1.29 is 0 Å². The second-order valence-electron chi connectivity index (χ2n) is 5.27. The van der Waals surface area contributed by atoms with Crippen molar-refractivity contribution in [1.29, 1.82) is 0 Å². The maximum atomic E-state index is 3.72. The molecule has 1 aliphatic heterocycles. The van der Waals surface area contributed by atoms with Crippen LogP contribution in [-0.4, -0.2) is 36.5 Å². The van der Waals surface area contributed by atoms with E-state index in [1.165, 1.54) is 35.5 Å². The molecular formula is C15H24N2S. The van der Waals surface area contributed by atoms with Crippen LogP contribution < -0.4 is 5.32 Å². The number of thioether (sulfide) groups is 1. The first-order valence-corrected chi connectivity index (χ1v) is 7.94. The van der Waals surface area contributed by atoms with E-state index >= 15 is 0 Å². The van der Waals surface area contributed by atoms with Gasteiger partial charge in [0.05, 0.1) is 0 Å². The molecule has 1 aromatic carbocycles. The van der Waals surface area contributed by atoms with Crippen LogP contribution in [0.25, 0.3) is 0 Å². The highest BCUT2D eigenvalue weighted by Crippen LogP contribution is 2.18. The summed E-state index contributed by atoms with van der Waals surface area (Å²) in [5, 5.41) is 3.72. The molecule has 0 atom stereocenters. The van der Waals surface area contributed by atoms with Gasteiger partial charge in [0.15, 0.2) is 0 Å². The van der Waals surface area contributed by atoms with Gasteiger partial charge < -0.3 is 10.2 Å². The zero-order valence-corrected chi connectivity index (χ0v) is 12.3. The maximum Gasteiger partial charge on any atom is 0.0230 e. The van der Waals surface area contributed by atoms with Crippen molar-refractivity contribution in [2.24, 2.45) is 0 Å². The third kappa shape index (κ3) is 4.30. The molecule has 1 N–H and O–H groups in total. The highest BCUT2D eigenvalue weighted by atomic mass is 32.2. The van der Waals surface area contributed by atoms with Crippen molar-refractivity contribution in [1.82, 2.24) is 10.2 Å². The molecule has 1 aromatic rings. The lowest BCUT2D eigenvalue weighted by molar-refractivity contribution is 0.399. The van der Waals surface area contributed by atoms with E-state index in [0.717, 1.165) is 19.1 Å². The molecular weight excluding hydrogens is 240 g/mol. The van der Waals surface area contributed by atoms with Gasteiger partial charge in [-0.1, -0.05) is 24.3 Å². The first kappa shape index (κ1) is 13.9. The molecule has 0 saturated carbocycles. The Labute approximate surface area is 115 Å². The fourth-order valence-corrected chi connectivity index (χ4v) is 3.49. The van der Waals surface area contributed by atoms with E-state index in [1.54, 1.807) is 0 Å². The lowest BCUT2D eigenvalue weighted by Crippen LogP contribution is -2.32. The van der Waals surface area contributed by atoms with E-state index in [1.807, 2.05) is 0 Å². The summed E-state index contributed by atoms with van der Waals surface area (Å²) in [6.45, 7) is 2.04. The molecule has 2 rings (SSSR count). The standard InChI is InChI=1S/C15H24N2S/c1-17(2)12-14-6-4-3-5-13(14)11-16-15-7-9-18-10-8-15/h3-6,15-16H,7-12H2,1-2H3. The van der Waals surface area contributed by atoms with Crippen LogP contribution in [0.5, 0.6) is 0 Å². The Morgan fingerprint density at radius 1 is 1.17 bits per heavy atom. The molecule has 18 heavy (non-hydrogen) atoms. The van der Waals surface area contributed by atoms with Crippen molar-refractivity contribution in [3.05, 3.63) is 35.4 Å². The number of hydrogen-bond acceptors (Lipinski definition) is 3. The molecule has 100 valence electrons. The normalized spacial score (nSPS) is 17.3. The molecule has 1 heterocycles. The number of nitrogens with one attached hydrogen (secondary N) is 1. The lowest BCUT2D eigenvalue weighted by Gasteiger charge is -2.23. The summed E-state index contributed by atoms with van der Waals surface area (Å²) in [6, 6.07) is 9.50. The fraction of sp³-hybridized carbons (Fsp3) is 0.600. The first-order chi connectivity index (χ1) is 8.75. The van der Waals surface area contributed by atoms with Crippen molar-refractivity contribution in [3.63, 3.8) is 0 Å². The smallest absolute Gasteiger partial charge is 0.0230 e. The molecule has 0 amide bonds. The summed E-state index contributed by atoms with van der Waals surface area (Å²) in [4.78, 5) is 2.23. The molecule has 0 aliphatic carbocycles. The average molecular weight is 264 g/mol. The summed E-state index contributed by atoms with van der Waals surface area (Å²) in [6.07, 6.45) is 2.64. The fourth-order valence-electron chi connectivity index (χ4n) is 2.38. The average Bonchev–Trinajstić information content (AvgIpc) is 2.38. The van der Waals surface area contributed by atoms with Crippen molar-refractivity contribution in [3.8, 4) is 0 Å². The SMILES string of the molecule is CN(C)Cc1ccccc1CNC1CCSCC1. The van der Waals surface area contributed by atoms with Gasteiger partial charge in [-0.15, -0.1) is 0 Å². The maximum absolute atomic E-state index is 3.72. The summed E-state index contributed by atoms with van der Waals surface area (Å²) < 4.78 is 0. The molecule has 0 bridgehead atoms. The molecule has 1 saturated heterocycles. The van der Waals surface area contributed by atoms with Crippen LogP contribution in [0.15, 0.2) is 24.3 Å². The molecule has 0 radical (unpaired) electrons.